The summed E-state index contributed by atoms with van der Waals surface area (Å²) in [7, 11) is 0. The Kier molecular flexibility index (Phi) is 7.83. The first-order valence-corrected chi connectivity index (χ1v) is 11.2. The molecule has 0 unspecified atom stereocenters. The highest BCUT2D eigenvalue weighted by Crippen LogP contribution is 2.32. The maximum absolute atomic E-state index is 14.2. The van der Waals surface area contributed by atoms with Gasteiger partial charge in [-0.3, -0.25) is 4.79 Å². The second-order valence-electron chi connectivity index (χ2n) is 7.84. The summed E-state index contributed by atoms with van der Waals surface area (Å²) in [5.74, 6) is -1.79. The van der Waals surface area contributed by atoms with Crippen molar-refractivity contribution in [2.24, 2.45) is 10.2 Å². The number of rotatable bonds is 6. The molecular formula is C23H19ClF4N6O3. The average Bonchev–Trinajstić information content (AvgIpc) is 2.87. The number of nitrogens with one attached hydrogen (secondary N) is 1. The van der Waals surface area contributed by atoms with E-state index >= 15 is 0 Å². The summed E-state index contributed by atoms with van der Waals surface area (Å²) < 4.78 is 58.3. The minimum absolute atomic E-state index is 0.0296. The van der Waals surface area contributed by atoms with Gasteiger partial charge in [-0.1, -0.05) is 17.7 Å². The highest BCUT2D eigenvalue weighted by atomic mass is 35.5. The van der Waals surface area contributed by atoms with Crippen LogP contribution in [0.1, 0.15) is 21.5 Å². The van der Waals surface area contributed by atoms with Gasteiger partial charge >= 0.3 is 6.18 Å². The van der Waals surface area contributed by atoms with E-state index in [1.165, 1.54) is 12.1 Å². The molecular weight excluding hydrogens is 520 g/mol. The van der Waals surface area contributed by atoms with Crippen molar-refractivity contribution in [2.75, 3.05) is 36.5 Å². The largest absolute Gasteiger partial charge is 0.506 e. The molecule has 0 spiro atoms. The van der Waals surface area contributed by atoms with Gasteiger partial charge in [0.15, 0.2) is 11.6 Å². The van der Waals surface area contributed by atoms with Crippen LogP contribution in [0.4, 0.5) is 35.0 Å². The third kappa shape index (κ3) is 6.49. The van der Waals surface area contributed by atoms with E-state index in [9.17, 15) is 27.5 Å². The van der Waals surface area contributed by atoms with Gasteiger partial charge in [0, 0.05) is 29.9 Å². The number of alkyl halides is 3. The molecule has 2 aromatic carbocycles. The molecule has 37 heavy (non-hydrogen) atoms. The van der Waals surface area contributed by atoms with Crippen LogP contribution in [0, 0.1) is 5.82 Å². The number of aromatic hydroxyl groups is 1. The van der Waals surface area contributed by atoms with Crippen molar-refractivity contribution in [2.45, 2.75) is 12.7 Å². The van der Waals surface area contributed by atoms with Crippen molar-refractivity contribution in [1.29, 1.82) is 0 Å². The lowest BCUT2D eigenvalue weighted by molar-refractivity contribution is -0.137. The molecule has 4 rings (SSSR count). The summed E-state index contributed by atoms with van der Waals surface area (Å²) >= 11 is 6.04. The minimum Gasteiger partial charge on any atom is -0.506 e. The third-order valence-corrected chi connectivity index (χ3v) is 5.57. The summed E-state index contributed by atoms with van der Waals surface area (Å²) in [6, 6.07) is 6.58. The van der Waals surface area contributed by atoms with E-state index in [4.69, 9.17) is 16.3 Å². The first-order chi connectivity index (χ1) is 17.6. The monoisotopic (exact) mass is 538 g/mol. The number of phenols is 1. The van der Waals surface area contributed by atoms with E-state index in [-0.39, 0.29) is 45.9 Å². The summed E-state index contributed by atoms with van der Waals surface area (Å²) in [5, 5.41) is 20.2. The molecule has 1 aliphatic rings. The highest BCUT2D eigenvalue weighted by Gasteiger charge is 2.30. The number of carbonyl (C=O) groups excluding carboxylic acids is 1. The molecule has 0 aliphatic carbocycles. The van der Waals surface area contributed by atoms with Crippen LogP contribution in [0.25, 0.3) is 0 Å². The zero-order chi connectivity index (χ0) is 26.6. The highest BCUT2D eigenvalue weighted by molar-refractivity contribution is 6.32. The Morgan fingerprint density at radius 2 is 1.97 bits per heavy atom. The smallest absolute Gasteiger partial charge is 0.416 e. The summed E-state index contributed by atoms with van der Waals surface area (Å²) in [5.41, 5.74) is -0.913. The fraction of sp³-hybridized carbons (Fsp3) is 0.261. The van der Waals surface area contributed by atoms with Gasteiger partial charge in [-0.2, -0.15) is 23.3 Å². The van der Waals surface area contributed by atoms with Crippen LogP contribution in [0.3, 0.4) is 0 Å². The molecule has 1 saturated heterocycles. The normalized spacial score (nSPS) is 14.2. The van der Waals surface area contributed by atoms with Crippen LogP contribution in [-0.4, -0.2) is 47.3 Å². The standard InChI is InChI=1S/C23H19ClF4N6O3/c24-17-9-13(21(36)31-16-3-1-2-15(10-16)23(26,27)28)8-14(19(17)35)11-30-33-22-29-12-18(25)20(32-22)34-4-6-37-7-5-34/h1-3,8-10,12,35H,4-7,11H2,(H,31,36). The number of azo groups is 1. The topological polar surface area (TPSA) is 112 Å². The van der Waals surface area contributed by atoms with Crippen LogP contribution in [0.15, 0.2) is 52.8 Å². The second-order valence-corrected chi connectivity index (χ2v) is 8.25. The molecule has 1 fully saturated rings. The molecule has 2 N–H and O–H groups in total. The molecule has 3 aromatic rings. The lowest BCUT2D eigenvalue weighted by atomic mass is 10.1. The van der Waals surface area contributed by atoms with Crippen molar-refractivity contribution in [3.63, 3.8) is 0 Å². The number of halogens is 5. The minimum atomic E-state index is -4.57. The zero-order valence-electron chi connectivity index (χ0n) is 19.0. The van der Waals surface area contributed by atoms with Crippen molar-refractivity contribution in [3.05, 3.63) is 70.1 Å². The molecule has 194 valence electrons. The molecule has 0 saturated carbocycles. The molecule has 14 heteroatoms. The van der Waals surface area contributed by atoms with Crippen LogP contribution in [-0.2, 0) is 17.5 Å². The predicted molar refractivity (Wildman–Crippen MR) is 126 cm³/mol. The van der Waals surface area contributed by atoms with Gasteiger partial charge in [-0.15, -0.1) is 5.11 Å². The zero-order valence-corrected chi connectivity index (χ0v) is 19.7. The molecule has 1 amide bonds. The number of aromatic nitrogens is 2. The predicted octanol–water partition coefficient (Wildman–Crippen LogP) is 5.37. The third-order valence-electron chi connectivity index (χ3n) is 5.28. The molecule has 1 aromatic heterocycles. The first-order valence-electron chi connectivity index (χ1n) is 10.8. The van der Waals surface area contributed by atoms with Crippen LogP contribution in [0.2, 0.25) is 5.02 Å². The number of anilines is 2. The molecule has 9 nitrogen and oxygen atoms in total. The van der Waals surface area contributed by atoms with Gasteiger partial charge in [0.05, 0.1) is 36.5 Å². The molecule has 2 heterocycles. The van der Waals surface area contributed by atoms with E-state index in [1.807, 2.05) is 0 Å². The number of benzene rings is 2. The fourth-order valence-electron chi connectivity index (χ4n) is 3.45. The van der Waals surface area contributed by atoms with E-state index in [2.05, 4.69) is 25.5 Å². The van der Waals surface area contributed by atoms with Crippen LogP contribution >= 0.6 is 11.6 Å². The molecule has 0 atom stereocenters. The Labute approximate surface area is 212 Å². The Hall–Kier alpha value is -3.84. The molecule has 0 bridgehead atoms. The summed E-state index contributed by atoms with van der Waals surface area (Å²) in [6.45, 7) is 1.51. The quantitative estimate of drug-likeness (QED) is 0.322. The first kappa shape index (κ1) is 26.2. The maximum Gasteiger partial charge on any atom is 0.416 e. The Bertz CT molecular complexity index is 1330. The molecule has 1 aliphatic heterocycles. The van der Waals surface area contributed by atoms with Gasteiger partial charge in [0.25, 0.3) is 11.9 Å². The second kappa shape index (κ2) is 11.0. The number of amides is 1. The number of hydrogen-bond donors (Lipinski definition) is 2. The number of nitrogens with zero attached hydrogens (tertiary/aromatic N) is 5. The summed E-state index contributed by atoms with van der Waals surface area (Å²) in [4.78, 5) is 22.2. The van der Waals surface area contributed by atoms with Crippen molar-refractivity contribution in [3.8, 4) is 5.75 Å². The Morgan fingerprint density at radius 1 is 1.22 bits per heavy atom. The van der Waals surface area contributed by atoms with E-state index in [1.54, 1.807) is 4.90 Å². The fourth-order valence-corrected chi connectivity index (χ4v) is 3.69. The van der Waals surface area contributed by atoms with Gasteiger partial charge < -0.3 is 20.1 Å². The van der Waals surface area contributed by atoms with Crippen LogP contribution < -0.4 is 10.2 Å². The lowest BCUT2D eigenvalue weighted by Crippen LogP contribution is -2.37. The number of ether oxygens (including phenoxy) is 1. The average molecular weight is 539 g/mol. The van der Waals surface area contributed by atoms with Gasteiger partial charge in [-0.25, -0.2) is 9.37 Å². The van der Waals surface area contributed by atoms with Crippen molar-refractivity contribution in [1.82, 2.24) is 9.97 Å². The SMILES string of the molecule is O=C(Nc1cccc(C(F)(F)F)c1)c1cc(Cl)c(O)c(CN=Nc2ncc(F)c(N3CCOCC3)n2)c1. The molecule has 0 radical (unpaired) electrons. The number of phenolic OH excluding ortho intramolecular Hbond substituents is 1. The number of morpholine rings is 1. The van der Waals surface area contributed by atoms with E-state index < -0.39 is 23.5 Å². The maximum atomic E-state index is 14.2. The Morgan fingerprint density at radius 3 is 2.70 bits per heavy atom. The van der Waals surface area contributed by atoms with Gasteiger partial charge in [-0.05, 0) is 30.3 Å². The Balaban J connectivity index is 1.49. The van der Waals surface area contributed by atoms with Crippen LogP contribution in [0.5, 0.6) is 5.75 Å². The van der Waals surface area contributed by atoms with E-state index in [0.717, 1.165) is 30.5 Å². The van der Waals surface area contributed by atoms with Gasteiger partial charge in [0.2, 0.25) is 0 Å². The number of carbonyl (C=O) groups is 1. The number of hydrogen-bond acceptors (Lipinski definition) is 8. The van der Waals surface area contributed by atoms with Crippen molar-refractivity contribution >= 4 is 35.0 Å². The van der Waals surface area contributed by atoms with Crippen molar-refractivity contribution < 1.29 is 32.2 Å². The van der Waals surface area contributed by atoms with Gasteiger partial charge in [0.1, 0.15) is 5.75 Å². The lowest BCUT2D eigenvalue weighted by Gasteiger charge is -2.27. The van der Waals surface area contributed by atoms with E-state index in [0.29, 0.717) is 26.3 Å². The summed E-state index contributed by atoms with van der Waals surface area (Å²) in [6.07, 6.45) is -3.60.